The Morgan fingerprint density at radius 1 is 1.39 bits per heavy atom. The van der Waals surface area contributed by atoms with Crippen molar-refractivity contribution < 1.29 is 5.11 Å². The van der Waals surface area contributed by atoms with E-state index in [0.717, 1.165) is 17.6 Å². The molecule has 98 valence electrons. The van der Waals surface area contributed by atoms with Crippen LogP contribution in [0.1, 0.15) is 39.6 Å². The second-order valence-corrected chi connectivity index (χ2v) is 6.04. The van der Waals surface area contributed by atoms with Crippen LogP contribution < -0.4 is 5.73 Å². The number of rotatable bonds is 2. The molecule has 0 amide bonds. The van der Waals surface area contributed by atoms with E-state index in [0.29, 0.717) is 11.5 Å². The molecule has 0 bridgehead atoms. The van der Waals surface area contributed by atoms with Gasteiger partial charge in [0.1, 0.15) is 11.9 Å². The van der Waals surface area contributed by atoms with Crippen molar-refractivity contribution in [1.82, 2.24) is 9.55 Å². The van der Waals surface area contributed by atoms with Crippen LogP contribution in [-0.2, 0) is 6.54 Å². The zero-order chi connectivity index (χ0) is 13.5. The van der Waals surface area contributed by atoms with E-state index in [2.05, 4.69) is 30.3 Å². The van der Waals surface area contributed by atoms with Crippen molar-refractivity contribution in [2.24, 2.45) is 5.41 Å². The number of fused-ring (bicyclic) bond motifs is 1. The Kier molecular flexibility index (Phi) is 3.07. The van der Waals surface area contributed by atoms with Crippen molar-refractivity contribution in [2.45, 2.75) is 40.3 Å². The number of aliphatic hydroxyl groups excluding tert-OH is 1. The molecule has 4 heteroatoms. The highest BCUT2D eigenvalue weighted by Gasteiger charge is 2.19. The lowest BCUT2D eigenvalue weighted by Crippen LogP contribution is -2.18. The van der Waals surface area contributed by atoms with Crippen LogP contribution in [0.2, 0.25) is 0 Å². The van der Waals surface area contributed by atoms with Gasteiger partial charge in [0.05, 0.1) is 11.0 Å². The van der Waals surface area contributed by atoms with E-state index in [1.807, 2.05) is 18.2 Å². The lowest BCUT2D eigenvalue weighted by molar-refractivity contribution is 0.180. The van der Waals surface area contributed by atoms with E-state index in [4.69, 9.17) is 5.73 Å². The molecule has 1 heterocycles. The van der Waals surface area contributed by atoms with Gasteiger partial charge >= 0.3 is 0 Å². The number of aromatic nitrogens is 2. The molecule has 0 fully saturated rings. The topological polar surface area (TPSA) is 64.1 Å². The maximum absolute atomic E-state index is 9.86. The summed E-state index contributed by atoms with van der Waals surface area (Å²) in [6.45, 7) is 9.06. The quantitative estimate of drug-likeness (QED) is 0.802. The third-order valence-electron chi connectivity index (χ3n) is 2.81. The number of benzene rings is 1. The Hall–Kier alpha value is -1.55. The molecule has 1 aromatic carbocycles. The molecule has 0 saturated carbocycles. The normalized spacial score (nSPS) is 14.1. The minimum atomic E-state index is -0.582. The van der Waals surface area contributed by atoms with E-state index in [-0.39, 0.29) is 5.41 Å². The van der Waals surface area contributed by atoms with Crippen LogP contribution in [0.25, 0.3) is 11.0 Å². The second-order valence-electron chi connectivity index (χ2n) is 6.04. The number of nitrogens with zero attached hydrogens (tertiary/aromatic N) is 2. The second kappa shape index (κ2) is 4.28. The number of nitrogen functional groups attached to an aromatic ring is 1. The molecule has 0 spiro atoms. The average Bonchev–Trinajstić information content (AvgIpc) is 2.54. The summed E-state index contributed by atoms with van der Waals surface area (Å²) >= 11 is 0. The molecule has 0 aliphatic heterocycles. The van der Waals surface area contributed by atoms with Crippen molar-refractivity contribution in [3.05, 3.63) is 24.0 Å². The number of hydrogen-bond acceptors (Lipinski definition) is 3. The summed E-state index contributed by atoms with van der Waals surface area (Å²) in [4.78, 5) is 4.49. The number of anilines is 1. The van der Waals surface area contributed by atoms with Crippen LogP contribution in [0.3, 0.4) is 0 Å². The van der Waals surface area contributed by atoms with Crippen LogP contribution in [-0.4, -0.2) is 14.7 Å². The number of aliphatic hydroxyl groups is 1. The van der Waals surface area contributed by atoms with Crippen molar-refractivity contribution in [2.75, 3.05) is 5.73 Å². The van der Waals surface area contributed by atoms with Crippen LogP contribution >= 0.6 is 0 Å². The monoisotopic (exact) mass is 247 g/mol. The van der Waals surface area contributed by atoms with Crippen LogP contribution in [0.4, 0.5) is 5.69 Å². The lowest BCUT2D eigenvalue weighted by atomic mass is 9.96. The van der Waals surface area contributed by atoms with Gasteiger partial charge in [0.15, 0.2) is 0 Å². The third-order valence-corrected chi connectivity index (χ3v) is 2.81. The van der Waals surface area contributed by atoms with Gasteiger partial charge in [0.25, 0.3) is 0 Å². The standard InChI is InChI=1S/C14H21N3O/c1-9(18)13-16-11-7-10(15)5-6-12(11)17(13)8-14(2,3)4/h5-7,9,18H,8,15H2,1-4H3. The highest BCUT2D eigenvalue weighted by molar-refractivity contribution is 5.79. The van der Waals surface area contributed by atoms with E-state index in [1.54, 1.807) is 6.92 Å². The lowest BCUT2D eigenvalue weighted by Gasteiger charge is -2.21. The molecule has 1 aromatic heterocycles. The smallest absolute Gasteiger partial charge is 0.138 e. The zero-order valence-electron chi connectivity index (χ0n) is 11.4. The summed E-state index contributed by atoms with van der Waals surface area (Å²) in [5, 5.41) is 9.86. The van der Waals surface area contributed by atoms with E-state index >= 15 is 0 Å². The molecule has 3 N–H and O–H groups in total. The Bertz CT molecular complexity index is 564. The molecule has 0 saturated heterocycles. The van der Waals surface area contributed by atoms with Gasteiger partial charge in [-0.1, -0.05) is 20.8 Å². The summed E-state index contributed by atoms with van der Waals surface area (Å²) in [5.74, 6) is 0.700. The Balaban J connectivity index is 2.63. The summed E-state index contributed by atoms with van der Waals surface area (Å²) in [6.07, 6.45) is -0.582. The Morgan fingerprint density at radius 3 is 2.61 bits per heavy atom. The fourth-order valence-electron chi connectivity index (χ4n) is 2.12. The molecule has 0 radical (unpaired) electrons. The average molecular weight is 247 g/mol. The fraction of sp³-hybridized carbons (Fsp3) is 0.500. The van der Waals surface area contributed by atoms with Crippen molar-refractivity contribution in [1.29, 1.82) is 0 Å². The van der Waals surface area contributed by atoms with Crippen LogP contribution in [0.15, 0.2) is 18.2 Å². The molecular weight excluding hydrogens is 226 g/mol. The SMILES string of the molecule is CC(O)c1nc2cc(N)ccc2n1CC(C)(C)C. The Labute approximate surface area is 107 Å². The highest BCUT2D eigenvalue weighted by atomic mass is 16.3. The zero-order valence-corrected chi connectivity index (χ0v) is 11.4. The first kappa shape index (κ1) is 12.9. The molecule has 4 nitrogen and oxygen atoms in total. The van der Waals surface area contributed by atoms with E-state index in [9.17, 15) is 5.11 Å². The van der Waals surface area contributed by atoms with Gasteiger partial charge in [-0.15, -0.1) is 0 Å². The molecule has 2 aromatic rings. The molecule has 2 rings (SSSR count). The number of hydrogen-bond donors (Lipinski definition) is 2. The first-order valence-electron chi connectivity index (χ1n) is 6.22. The van der Waals surface area contributed by atoms with Crippen molar-refractivity contribution >= 4 is 16.7 Å². The minimum absolute atomic E-state index is 0.124. The van der Waals surface area contributed by atoms with Crippen molar-refractivity contribution in [3.63, 3.8) is 0 Å². The third kappa shape index (κ3) is 2.48. The predicted octanol–water partition coefficient (Wildman–Crippen LogP) is 2.72. The Morgan fingerprint density at radius 2 is 2.06 bits per heavy atom. The minimum Gasteiger partial charge on any atom is -0.399 e. The van der Waals surface area contributed by atoms with E-state index < -0.39 is 6.10 Å². The van der Waals surface area contributed by atoms with Gasteiger partial charge in [-0.25, -0.2) is 4.98 Å². The molecular formula is C14H21N3O. The summed E-state index contributed by atoms with van der Waals surface area (Å²) in [6, 6.07) is 5.69. The molecule has 1 atom stereocenters. The largest absolute Gasteiger partial charge is 0.399 e. The molecule has 18 heavy (non-hydrogen) atoms. The van der Waals surface area contributed by atoms with E-state index in [1.165, 1.54) is 0 Å². The maximum Gasteiger partial charge on any atom is 0.138 e. The summed E-state index contributed by atoms with van der Waals surface area (Å²) < 4.78 is 2.08. The molecule has 1 unspecified atom stereocenters. The van der Waals surface area contributed by atoms with Crippen molar-refractivity contribution in [3.8, 4) is 0 Å². The maximum atomic E-state index is 9.86. The van der Waals surface area contributed by atoms with Gasteiger partial charge in [0, 0.05) is 12.2 Å². The highest BCUT2D eigenvalue weighted by Crippen LogP contribution is 2.27. The summed E-state index contributed by atoms with van der Waals surface area (Å²) in [5.41, 5.74) is 8.46. The number of nitrogens with two attached hydrogens (primary N) is 1. The predicted molar refractivity (Wildman–Crippen MR) is 74.2 cm³/mol. The van der Waals surface area contributed by atoms with Gasteiger partial charge in [-0.3, -0.25) is 0 Å². The first-order chi connectivity index (χ1) is 8.28. The van der Waals surface area contributed by atoms with Crippen LogP contribution in [0, 0.1) is 5.41 Å². The number of imidazole rings is 1. The van der Waals surface area contributed by atoms with Gasteiger partial charge < -0.3 is 15.4 Å². The fourth-order valence-corrected chi connectivity index (χ4v) is 2.12. The molecule has 0 aliphatic rings. The van der Waals surface area contributed by atoms with Gasteiger partial charge in [0.2, 0.25) is 0 Å². The van der Waals surface area contributed by atoms with Gasteiger partial charge in [-0.05, 0) is 30.5 Å². The summed E-state index contributed by atoms with van der Waals surface area (Å²) in [7, 11) is 0. The molecule has 0 aliphatic carbocycles. The van der Waals surface area contributed by atoms with Crippen LogP contribution in [0.5, 0.6) is 0 Å². The first-order valence-corrected chi connectivity index (χ1v) is 6.22. The van der Waals surface area contributed by atoms with Gasteiger partial charge in [-0.2, -0.15) is 0 Å².